The molecule has 1 saturated carbocycles. The minimum Gasteiger partial charge on any atom is -0.368 e. The van der Waals surface area contributed by atoms with Crippen LogP contribution >= 0.6 is 0 Å². The van der Waals surface area contributed by atoms with Gasteiger partial charge in [-0.15, -0.1) is 0 Å². The van der Waals surface area contributed by atoms with Gasteiger partial charge in [0.05, 0.1) is 0 Å². The molecule has 1 spiro atoms. The van der Waals surface area contributed by atoms with E-state index >= 15 is 0 Å². The van der Waals surface area contributed by atoms with Gasteiger partial charge in [-0.2, -0.15) is 0 Å². The van der Waals surface area contributed by atoms with E-state index in [1.165, 1.54) is 6.07 Å². The third-order valence-electron chi connectivity index (χ3n) is 5.85. The van der Waals surface area contributed by atoms with Crippen LogP contribution in [0.3, 0.4) is 0 Å². The third kappa shape index (κ3) is 2.18. The summed E-state index contributed by atoms with van der Waals surface area (Å²) in [5.41, 5.74) is 5.04. The summed E-state index contributed by atoms with van der Waals surface area (Å²) in [5, 5.41) is 2.67. The number of carbonyl (C=O) groups is 3. The number of benzene rings is 1. The molecule has 2 aliphatic carbocycles. The van der Waals surface area contributed by atoms with E-state index in [9.17, 15) is 18.8 Å². The van der Waals surface area contributed by atoms with Crippen LogP contribution in [-0.4, -0.2) is 28.8 Å². The number of carbonyl (C=O) groups excluding carboxylic acids is 3. The fraction of sp³-hybridized carbons (Fsp3) is 0.500. The molecule has 0 bridgehead atoms. The molecular weight excluding hydrogens is 325 g/mol. The van der Waals surface area contributed by atoms with E-state index < -0.39 is 35.2 Å². The molecule has 1 aromatic rings. The molecule has 1 aromatic carbocycles. The largest absolute Gasteiger partial charge is 0.368 e. The zero-order chi connectivity index (χ0) is 17.9. The number of aryl methyl sites for hydroxylation is 1. The molecule has 1 heterocycles. The minimum atomic E-state index is -1.42. The van der Waals surface area contributed by atoms with E-state index in [4.69, 9.17) is 5.73 Å². The van der Waals surface area contributed by atoms with Crippen molar-refractivity contribution in [2.24, 2.45) is 17.6 Å². The Kier molecular flexibility index (Phi) is 3.39. The van der Waals surface area contributed by atoms with Crippen LogP contribution in [0.5, 0.6) is 0 Å². The van der Waals surface area contributed by atoms with E-state index in [1.807, 2.05) is 6.92 Å². The van der Waals surface area contributed by atoms with E-state index in [-0.39, 0.29) is 23.8 Å². The number of urea groups is 1. The number of hydrogen-bond donors (Lipinski definition) is 2. The van der Waals surface area contributed by atoms with Gasteiger partial charge in [0.2, 0.25) is 5.91 Å². The topological polar surface area (TPSA) is 92.5 Å². The van der Waals surface area contributed by atoms with Crippen LogP contribution in [0, 0.1) is 17.7 Å². The summed E-state index contributed by atoms with van der Waals surface area (Å²) in [4.78, 5) is 38.8. The van der Waals surface area contributed by atoms with Gasteiger partial charge in [0.25, 0.3) is 5.91 Å². The first kappa shape index (κ1) is 16.1. The van der Waals surface area contributed by atoms with E-state index in [0.29, 0.717) is 12.0 Å². The lowest BCUT2D eigenvalue weighted by Gasteiger charge is -2.29. The van der Waals surface area contributed by atoms with Gasteiger partial charge in [-0.05, 0) is 49.1 Å². The summed E-state index contributed by atoms with van der Waals surface area (Å²) in [6, 6.07) is 2.96. The Morgan fingerprint density at radius 2 is 2.12 bits per heavy atom. The first-order valence-corrected chi connectivity index (χ1v) is 8.60. The zero-order valence-electron chi connectivity index (χ0n) is 13.9. The fourth-order valence-electron chi connectivity index (χ4n) is 4.39. The third-order valence-corrected chi connectivity index (χ3v) is 5.85. The van der Waals surface area contributed by atoms with Gasteiger partial charge in [-0.1, -0.05) is 19.1 Å². The lowest BCUT2D eigenvalue weighted by atomic mass is 9.89. The maximum Gasteiger partial charge on any atom is 0.326 e. The molecular formula is C18H20FN3O3. The number of nitrogens with zero attached hydrogens (tertiary/aromatic N) is 1. The van der Waals surface area contributed by atoms with Crippen LogP contribution in [-0.2, 0) is 21.5 Å². The Balaban J connectivity index is 1.76. The molecule has 0 radical (unpaired) electrons. The van der Waals surface area contributed by atoms with Gasteiger partial charge in [0.1, 0.15) is 17.4 Å². The Hall–Kier alpha value is -2.44. The van der Waals surface area contributed by atoms with Crippen molar-refractivity contribution in [1.82, 2.24) is 10.2 Å². The standard InChI is InChI=1S/C18H20FN3O3/c1-9(10-5-6-10)14(15(20)23)22-16(24)18(21-17(22)25)8-7-11-3-2-4-12(19)13(11)18/h2-4,9-10,14H,5-8H2,1H3,(H2,20,23)(H,21,25)/t9-,14?,18?/m0/s1. The van der Waals surface area contributed by atoms with Crippen molar-refractivity contribution in [1.29, 1.82) is 0 Å². The molecule has 3 atom stereocenters. The van der Waals surface area contributed by atoms with Crippen molar-refractivity contribution in [2.75, 3.05) is 0 Å². The lowest BCUT2D eigenvalue weighted by Crippen LogP contribution is -2.53. The average molecular weight is 345 g/mol. The molecule has 6 nitrogen and oxygen atoms in total. The summed E-state index contributed by atoms with van der Waals surface area (Å²) < 4.78 is 14.5. The number of hydrogen-bond acceptors (Lipinski definition) is 3. The van der Waals surface area contributed by atoms with Crippen molar-refractivity contribution in [3.05, 3.63) is 35.1 Å². The second-order valence-corrected chi connectivity index (χ2v) is 7.33. The Morgan fingerprint density at radius 1 is 1.40 bits per heavy atom. The highest BCUT2D eigenvalue weighted by atomic mass is 19.1. The first-order valence-electron chi connectivity index (χ1n) is 8.60. The number of imide groups is 1. The maximum absolute atomic E-state index is 14.5. The van der Waals surface area contributed by atoms with E-state index in [1.54, 1.807) is 12.1 Å². The number of primary amides is 1. The highest BCUT2D eigenvalue weighted by Crippen LogP contribution is 2.45. The van der Waals surface area contributed by atoms with Crippen LogP contribution in [0.1, 0.15) is 37.3 Å². The monoisotopic (exact) mass is 345 g/mol. The second kappa shape index (κ2) is 5.28. The van der Waals surface area contributed by atoms with E-state index in [2.05, 4.69) is 5.32 Å². The number of rotatable bonds is 4. The minimum absolute atomic E-state index is 0.205. The summed E-state index contributed by atoms with van der Waals surface area (Å²) in [5.74, 6) is -1.72. The molecule has 4 rings (SSSR count). The van der Waals surface area contributed by atoms with Crippen LogP contribution in [0.2, 0.25) is 0 Å². The maximum atomic E-state index is 14.5. The smallest absolute Gasteiger partial charge is 0.326 e. The van der Waals surface area contributed by atoms with Gasteiger partial charge >= 0.3 is 6.03 Å². The zero-order valence-corrected chi connectivity index (χ0v) is 13.9. The van der Waals surface area contributed by atoms with Gasteiger partial charge in [-0.3, -0.25) is 9.59 Å². The van der Waals surface area contributed by atoms with Crippen LogP contribution in [0.15, 0.2) is 18.2 Å². The molecule has 3 N–H and O–H groups in total. The summed E-state index contributed by atoms with van der Waals surface area (Å²) in [6.07, 6.45) is 2.69. The predicted octanol–water partition coefficient (Wildman–Crippen LogP) is 1.42. The molecule has 2 unspecified atom stereocenters. The molecule has 7 heteroatoms. The van der Waals surface area contributed by atoms with E-state index in [0.717, 1.165) is 17.7 Å². The SMILES string of the molecule is C[C@@H](C1CC1)C(C(N)=O)N1C(=O)NC2(CCc3cccc(F)c32)C1=O. The molecule has 25 heavy (non-hydrogen) atoms. The van der Waals surface area contributed by atoms with Gasteiger partial charge < -0.3 is 11.1 Å². The summed E-state index contributed by atoms with van der Waals surface area (Å²) in [7, 11) is 0. The van der Waals surface area contributed by atoms with Gasteiger partial charge in [0, 0.05) is 5.56 Å². The van der Waals surface area contributed by atoms with Crippen LogP contribution in [0.4, 0.5) is 9.18 Å². The number of nitrogens with one attached hydrogen (secondary N) is 1. The number of amides is 4. The molecule has 4 amide bonds. The molecule has 1 aliphatic heterocycles. The van der Waals surface area contributed by atoms with Crippen molar-refractivity contribution in [3.8, 4) is 0 Å². The van der Waals surface area contributed by atoms with Crippen molar-refractivity contribution in [3.63, 3.8) is 0 Å². The highest BCUT2D eigenvalue weighted by Gasteiger charge is 2.59. The summed E-state index contributed by atoms with van der Waals surface area (Å²) in [6.45, 7) is 1.84. The highest BCUT2D eigenvalue weighted by molar-refractivity contribution is 6.10. The average Bonchev–Trinajstić information content (AvgIpc) is 3.30. The number of fused-ring (bicyclic) bond motifs is 2. The molecule has 132 valence electrons. The molecule has 2 fully saturated rings. The molecule has 1 saturated heterocycles. The van der Waals surface area contributed by atoms with Crippen LogP contribution < -0.4 is 11.1 Å². The van der Waals surface area contributed by atoms with Crippen molar-refractivity contribution < 1.29 is 18.8 Å². The second-order valence-electron chi connectivity index (χ2n) is 7.33. The van der Waals surface area contributed by atoms with Crippen LogP contribution in [0.25, 0.3) is 0 Å². The van der Waals surface area contributed by atoms with Crippen molar-refractivity contribution in [2.45, 2.75) is 44.2 Å². The Bertz CT molecular complexity index is 792. The lowest BCUT2D eigenvalue weighted by molar-refractivity contribution is -0.139. The normalized spacial score (nSPS) is 27.4. The van der Waals surface area contributed by atoms with Gasteiger partial charge in [0.15, 0.2) is 0 Å². The Labute approximate surface area is 144 Å². The Morgan fingerprint density at radius 3 is 2.76 bits per heavy atom. The number of halogens is 1. The summed E-state index contributed by atoms with van der Waals surface area (Å²) >= 11 is 0. The quantitative estimate of drug-likeness (QED) is 0.808. The number of nitrogens with two attached hydrogens (primary N) is 1. The van der Waals surface area contributed by atoms with Gasteiger partial charge in [-0.25, -0.2) is 14.1 Å². The van der Waals surface area contributed by atoms with Crippen molar-refractivity contribution >= 4 is 17.8 Å². The fourth-order valence-corrected chi connectivity index (χ4v) is 4.39. The predicted molar refractivity (Wildman–Crippen MR) is 86.6 cm³/mol. The molecule has 0 aromatic heterocycles. The molecule has 3 aliphatic rings. The first-order chi connectivity index (χ1) is 11.9.